The molecule has 0 aliphatic heterocycles. The van der Waals surface area contributed by atoms with Gasteiger partial charge in [0.1, 0.15) is 0 Å². The van der Waals surface area contributed by atoms with Crippen molar-refractivity contribution in [3.8, 4) is 0 Å². The largest absolute Gasteiger partial charge is 0.353 e. The van der Waals surface area contributed by atoms with Crippen LogP contribution in [-0.2, 0) is 14.8 Å². The minimum atomic E-state index is -3.17. The molecule has 18 heavy (non-hydrogen) atoms. The Hall–Kier alpha value is -0.620. The number of carbonyl (C=O) groups excluding carboxylic acids is 1. The van der Waals surface area contributed by atoms with Gasteiger partial charge in [-0.15, -0.1) is 0 Å². The van der Waals surface area contributed by atoms with E-state index < -0.39 is 10.0 Å². The number of hydrogen-bond donors (Lipinski definition) is 1. The molecule has 0 heterocycles. The van der Waals surface area contributed by atoms with Crippen LogP contribution in [0.3, 0.4) is 0 Å². The molecule has 0 bridgehead atoms. The van der Waals surface area contributed by atoms with Crippen LogP contribution in [0.15, 0.2) is 0 Å². The first kappa shape index (κ1) is 13.8. The molecule has 0 spiro atoms. The topological polar surface area (TPSA) is 66.5 Å². The maximum atomic E-state index is 11.7. The lowest BCUT2D eigenvalue weighted by Crippen LogP contribution is -2.38. The summed E-state index contributed by atoms with van der Waals surface area (Å²) < 4.78 is 24.6. The van der Waals surface area contributed by atoms with Crippen LogP contribution in [0.5, 0.6) is 0 Å². The van der Waals surface area contributed by atoms with E-state index in [0.717, 1.165) is 25.7 Å². The van der Waals surface area contributed by atoms with Gasteiger partial charge >= 0.3 is 0 Å². The summed E-state index contributed by atoms with van der Waals surface area (Å²) >= 11 is 0. The average Bonchev–Trinajstić information content (AvgIpc) is 2.95. The van der Waals surface area contributed by atoms with Crippen molar-refractivity contribution in [3.63, 3.8) is 0 Å². The van der Waals surface area contributed by atoms with Crippen molar-refractivity contribution < 1.29 is 13.2 Å². The first-order chi connectivity index (χ1) is 8.47. The molecular weight excluding hydrogens is 252 g/mol. The molecule has 2 aliphatic carbocycles. The molecule has 1 N–H and O–H groups in total. The van der Waals surface area contributed by atoms with Gasteiger partial charge in [-0.05, 0) is 25.7 Å². The number of sulfonamides is 1. The Kier molecular flexibility index (Phi) is 4.27. The Morgan fingerprint density at radius 1 is 1.22 bits per heavy atom. The zero-order valence-corrected chi connectivity index (χ0v) is 11.7. The van der Waals surface area contributed by atoms with Gasteiger partial charge in [0, 0.05) is 25.0 Å². The van der Waals surface area contributed by atoms with E-state index in [-0.39, 0.29) is 18.4 Å². The third-order valence-electron chi connectivity index (χ3n) is 3.66. The van der Waals surface area contributed by atoms with E-state index in [1.165, 1.54) is 23.4 Å². The molecule has 2 saturated carbocycles. The molecule has 0 atom stereocenters. The number of nitrogens with one attached hydrogen (secondary N) is 1. The molecule has 6 heteroatoms. The van der Waals surface area contributed by atoms with Crippen LogP contribution in [0, 0.1) is 0 Å². The summed E-state index contributed by atoms with van der Waals surface area (Å²) in [5.41, 5.74) is 0. The molecule has 1 amide bonds. The van der Waals surface area contributed by atoms with Crippen molar-refractivity contribution in [2.45, 2.75) is 57.0 Å². The van der Waals surface area contributed by atoms with E-state index >= 15 is 0 Å². The van der Waals surface area contributed by atoms with Crippen LogP contribution in [0.1, 0.15) is 44.9 Å². The summed E-state index contributed by atoms with van der Waals surface area (Å²) in [6, 6.07) is 0.449. The Balaban J connectivity index is 1.76. The fraction of sp³-hybridized carbons (Fsp3) is 0.917. The lowest BCUT2D eigenvalue weighted by Gasteiger charge is -2.19. The van der Waals surface area contributed by atoms with Crippen molar-refractivity contribution in [3.05, 3.63) is 0 Å². The molecule has 5 nitrogen and oxygen atoms in total. The van der Waals surface area contributed by atoms with Gasteiger partial charge in [-0.3, -0.25) is 4.79 Å². The Morgan fingerprint density at radius 3 is 2.33 bits per heavy atom. The Labute approximate surface area is 109 Å². The molecule has 0 unspecified atom stereocenters. The van der Waals surface area contributed by atoms with E-state index in [0.29, 0.717) is 12.6 Å². The van der Waals surface area contributed by atoms with Crippen molar-refractivity contribution in [1.29, 1.82) is 0 Å². The fourth-order valence-corrected chi connectivity index (χ4v) is 3.74. The van der Waals surface area contributed by atoms with Gasteiger partial charge < -0.3 is 5.32 Å². The number of hydrogen-bond acceptors (Lipinski definition) is 3. The average molecular weight is 274 g/mol. The minimum absolute atomic E-state index is 0.0174. The highest BCUT2D eigenvalue weighted by Crippen LogP contribution is 2.28. The van der Waals surface area contributed by atoms with Crippen LogP contribution in [0.25, 0.3) is 0 Å². The first-order valence-corrected chi connectivity index (χ1v) is 8.58. The molecule has 2 rings (SSSR count). The molecule has 104 valence electrons. The zero-order chi connectivity index (χ0) is 13.2. The second-order valence-electron chi connectivity index (χ2n) is 5.40. The normalized spacial score (nSPS) is 21.4. The second-order valence-corrected chi connectivity index (χ2v) is 7.34. The third-order valence-corrected chi connectivity index (χ3v) is 4.99. The highest BCUT2D eigenvalue weighted by molar-refractivity contribution is 7.88. The predicted molar refractivity (Wildman–Crippen MR) is 69.6 cm³/mol. The molecule has 0 aromatic rings. The van der Waals surface area contributed by atoms with E-state index in [4.69, 9.17) is 0 Å². The smallest absolute Gasteiger partial charge is 0.221 e. The Morgan fingerprint density at radius 2 is 1.83 bits per heavy atom. The molecule has 0 saturated heterocycles. The Bertz CT molecular complexity index is 398. The number of nitrogens with zero attached hydrogens (tertiary/aromatic N) is 1. The summed E-state index contributed by atoms with van der Waals surface area (Å²) in [6.07, 6.45) is 7.84. The summed E-state index contributed by atoms with van der Waals surface area (Å²) in [6.45, 7) is 0.321. The maximum Gasteiger partial charge on any atom is 0.221 e. The van der Waals surface area contributed by atoms with Crippen molar-refractivity contribution in [2.24, 2.45) is 0 Å². The lowest BCUT2D eigenvalue weighted by molar-refractivity contribution is -0.121. The van der Waals surface area contributed by atoms with Crippen LogP contribution < -0.4 is 5.32 Å². The van der Waals surface area contributed by atoms with Crippen LogP contribution in [-0.4, -0.2) is 43.5 Å². The fourth-order valence-electron chi connectivity index (χ4n) is 2.56. The van der Waals surface area contributed by atoms with E-state index in [2.05, 4.69) is 5.32 Å². The van der Waals surface area contributed by atoms with E-state index in [1.807, 2.05) is 0 Å². The van der Waals surface area contributed by atoms with Crippen molar-refractivity contribution >= 4 is 15.9 Å². The predicted octanol–water partition coefficient (Wildman–Crippen LogP) is 0.859. The minimum Gasteiger partial charge on any atom is -0.353 e. The monoisotopic (exact) mass is 274 g/mol. The van der Waals surface area contributed by atoms with Crippen molar-refractivity contribution in [2.75, 3.05) is 12.8 Å². The molecule has 0 radical (unpaired) electrons. The van der Waals surface area contributed by atoms with Gasteiger partial charge in [-0.1, -0.05) is 12.8 Å². The lowest BCUT2D eigenvalue weighted by atomic mass is 10.2. The summed E-state index contributed by atoms with van der Waals surface area (Å²) in [5, 5.41) is 2.98. The summed E-state index contributed by atoms with van der Waals surface area (Å²) in [4.78, 5) is 11.7. The molecular formula is C12H22N2O3S. The van der Waals surface area contributed by atoms with Gasteiger partial charge in [-0.2, -0.15) is 4.31 Å². The third kappa shape index (κ3) is 3.95. The highest BCUT2D eigenvalue weighted by atomic mass is 32.2. The first-order valence-electron chi connectivity index (χ1n) is 6.73. The van der Waals surface area contributed by atoms with Crippen LogP contribution >= 0.6 is 0 Å². The zero-order valence-electron chi connectivity index (χ0n) is 10.9. The van der Waals surface area contributed by atoms with Gasteiger partial charge in [0.2, 0.25) is 15.9 Å². The quantitative estimate of drug-likeness (QED) is 0.781. The SMILES string of the molecule is CS(=O)(=O)N(CCC(=O)NC1CCCC1)C1CC1. The summed E-state index contributed by atoms with van der Waals surface area (Å²) in [7, 11) is -3.17. The van der Waals surface area contributed by atoms with E-state index in [9.17, 15) is 13.2 Å². The van der Waals surface area contributed by atoms with Gasteiger partial charge in [-0.25, -0.2) is 8.42 Å². The second kappa shape index (κ2) is 5.57. The maximum absolute atomic E-state index is 11.7. The number of amides is 1. The van der Waals surface area contributed by atoms with Gasteiger partial charge in [0.25, 0.3) is 0 Å². The molecule has 0 aromatic carbocycles. The number of carbonyl (C=O) groups is 1. The number of rotatable bonds is 6. The molecule has 2 fully saturated rings. The van der Waals surface area contributed by atoms with Gasteiger partial charge in [0.15, 0.2) is 0 Å². The van der Waals surface area contributed by atoms with Crippen molar-refractivity contribution in [1.82, 2.24) is 9.62 Å². The molecule has 2 aliphatic rings. The highest BCUT2D eigenvalue weighted by Gasteiger charge is 2.34. The standard InChI is InChI=1S/C12H22N2O3S/c1-18(16,17)14(11-6-7-11)9-8-12(15)13-10-4-2-3-5-10/h10-11H,2-9H2,1H3,(H,13,15). The van der Waals surface area contributed by atoms with E-state index in [1.54, 1.807) is 0 Å². The molecule has 0 aromatic heterocycles. The summed E-state index contributed by atoms with van der Waals surface area (Å²) in [5.74, 6) is -0.0174. The van der Waals surface area contributed by atoms with Crippen LogP contribution in [0.4, 0.5) is 0 Å². The van der Waals surface area contributed by atoms with Crippen LogP contribution in [0.2, 0.25) is 0 Å². The van der Waals surface area contributed by atoms with Gasteiger partial charge in [0.05, 0.1) is 6.26 Å².